The van der Waals surface area contributed by atoms with Crippen LogP contribution in [0, 0.1) is 0 Å². The molecule has 18 heavy (non-hydrogen) atoms. The first kappa shape index (κ1) is 15.0. The van der Waals surface area contributed by atoms with Crippen molar-refractivity contribution in [2.75, 3.05) is 20.3 Å². The van der Waals surface area contributed by atoms with E-state index in [4.69, 9.17) is 4.74 Å². The normalized spacial score (nSPS) is 13.2. The molecule has 1 aromatic heterocycles. The Morgan fingerprint density at radius 2 is 2.28 bits per heavy atom. The van der Waals surface area contributed by atoms with E-state index >= 15 is 0 Å². The van der Waals surface area contributed by atoms with Crippen molar-refractivity contribution >= 4 is 0 Å². The SMILES string of the molecule is CCn1ccnc1CC(CCOCC(F)F)NC. The van der Waals surface area contributed by atoms with Crippen LogP contribution in [0.25, 0.3) is 0 Å². The largest absolute Gasteiger partial charge is 0.375 e. The van der Waals surface area contributed by atoms with Gasteiger partial charge in [-0.25, -0.2) is 13.8 Å². The van der Waals surface area contributed by atoms with E-state index in [0.29, 0.717) is 13.0 Å². The summed E-state index contributed by atoms with van der Waals surface area (Å²) in [5.41, 5.74) is 0. The predicted octanol–water partition coefficient (Wildman–Crippen LogP) is 1.71. The van der Waals surface area contributed by atoms with Crippen molar-refractivity contribution in [1.29, 1.82) is 0 Å². The summed E-state index contributed by atoms with van der Waals surface area (Å²) in [5, 5.41) is 3.16. The Hall–Kier alpha value is -1.01. The molecule has 0 aliphatic rings. The van der Waals surface area contributed by atoms with Gasteiger partial charge in [-0.15, -0.1) is 0 Å². The molecule has 4 nitrogen and oxygen atoms in total. The van der Waals surface area contributed by atoms with Crippen LogP contribution in [0.5, 0.6) is 0 Å². The van der Waals surface area contributed by atoms with Crippen LogP contribution in [0.1, 0.15) is 19.2 Å². The maximum absolute atomic E-state index is 11.9. The zero-order chi connectivity index (χ0) is 13.4. The number of alkyl halides is 2. The molecule has 0 fully saturated rings. The molecule has 1 aromatic rings. The summed E-state index contributed by atoms with van der Waals surface area (Å²) in [7, 11) is 1.86. The van der Waals surface area contributed by atoms with Gasteiger partial charge >= 0.3 is 0 Å². The molecule has 0 bridgehead atoms. The zero-order valence-corrected chi connectivity index (χ0v) is 10.9. The lowest BCUT2D eigenvalue weighted by atomic mass is 10.1. The van der Waals surface area contributed by atoms with Gasteiger partial charge in [-0.1, -0.05) is 0 Å². The van der Waals surface area contributed by atoms with Crippen molar-refractivity contribution in [3.8, 4) is 0 Å². The summed E-state index contributed by atoms with van der Waals surface area (Å²) in [4.78, 5) is 4.29. The number of halogens is 2. The predicted molar refractivity (Wildman–Crippen MR) is 65.9 cm³/mol. The van der Waals surface area contributed by atoms with Crippen molar-refractivity contribution in [3.05, 3.63) is 18.2 Å². The Balaban J connectivity index is 2.33. The number of likely N-dealkylation sites (N-methyl/N-ethyl adjacent to an activating group) is 1. The molecule has 104 valence electrons. The molecule has 6 heteroatoms. The standard InChI is InChI=1S/C12H21F2N3O/c1-3-17-6-5-16-12(17)8-10(15-2)4-7-18-9-11(13)14/h5-6,10-11,15H,3-4,7-9H2,1-2H3. The summed E-state index contributed by atoms with van der Waals surface area (Å²) >= 11 is 0. The average Bonchev–Trinajstić information content (AvgIpc) is 2.79. The van der Waals surface area contributed by atoms with Gasteiger partial charge < -0.3 is 14.6 Å². The highest BCUT2D eigenvalue weighted by Crippen LogP contribution is 2.05. The molecule has 1 rings (SSSR count). The van der Waals surface area contributed by atoms with Crippen LogP contribution in [-0.2, 0) is 17.7 Å². The van der Waals surface area contributed by atoms with E-state index in [0.717, 1.165) is 18.8 Å². The second-order valence-electron chi connectivity index (χ2n) is 4.07. The van der Waals surface area contributed by atoms with Crippen molar-refractivity contribution < 1.29 is 13.5 Å². The van der Waals surface area contributed by atoms with Gasteiger partial charge in [-0.2, -0.15) is 0 Å². The molecular weight excluding hydrogens is 240 g/mol. The summed E-state index contributed by atoms with van der Waals surface area (Å²) in [5.74, 6) is 1.01. The maximum Gasteiger partial charge on any atom is 0.261 e. The lowest BCUT2D eigenvalue weighted by Gasteiger charge is -2.16. The van der Waals surface area contributed by atoms with Gasteiger partial charge in [-0.3, -0.25) is 0 Å². The molecule has 0 radical (unpaired) electrons. The fourth-order valence-electron chi connectivity index (χ4n) is 1.78. The van der Waals surface area contributed by atoms with Gasteiger partial charge in [0.1, 0.15) is 12.4 Å². The van der Waals surface area contributed by atoms with Gasteiger partial charge in [-0.05, 0) is 20.4 Å². The Kier molecular flexibility index (Phi) is 6.82. The van der Waals surface area contributed by atoms with E-state index in [9.17, 15) is 8.78 Å². The number of nitrogens with zero attached hydrogens (tertiary/aromatic N) is 2. The van der Waals surface area contributed by atoms with Crippen molar-refractivity contribution in [1.82, 2.24) is 14.9 Å². The van der Waals surface area contributed by atoms with Crippen LogP contribution in [0.15, 0.2) is 12.4 Å². The number of nitrogens with one attached hydrogen (secondary N) is 1. The van der Waals surface area contributed by atoms with E-state index in [-0.39, 0.29) is 6.04 Å². The summed E-state index contributed by atoms with van der Waals surface area (Å²) in [6.07, 6.45) is 2.79. The Morgan fingerprint density at radius 1 is 1.50 bits per heavy atom. The number of aromatic nitrogens is 2. The second kappa shape index (κ2) is 8.16. The topological polar surface area (TPSA) is 39.1 Å². The van der Waals surface area contributed by atoms with E-state index < -0.39 is 13.0 Å². The van der Waals surface area contributed by atoms with E-state index in [1.165, 1.54) is 0 Å². The molecule has 0 saturated carbocycles. The van der Waals surface area contributed by atoms with Crippen LogP contribution in [0.3, 0.4) is 0 Å². The molecule has 0 saturated heterocycles. The third-order valence-corrected chi connectivity index (χ3v) is 2.83. The lowest BCUT2D eigenvalue weighted by Crippen LogP contribution is -2.30. The number of hydrogen-bond donors (Lipinski definition) is 1. The quantitative estimate of drug-likeness (QED) is 0.688. The van der Waals surface area contributed by atoms with E-state index in [1.54, 1.807) is 6.20 Å². The highest BCUT2D eigenvalue weighted by Gasteiger charge is 2.11. The molecule has 0 amide bonds. The van der Waals surface area contributed by atoms with Gasteiger partial charge in [0.15, 0.2) is 0 Å². The van der Waals surface area contributed by atoms with E-state index in [2.05, 4.69) is 21.8 Å². The summed E-state index contributed by atoms with van der Waals surface area (Å²) in [6.45, 7) is 2.79. The third kappa shape index (κ3) is 5.10. The third-order valence-electron chi connectivity index (χ3n) is 2.83. The van der Waals surface area contributed by atoms with E-state index in [1.807, 2.05) is 13.2 Å². The van der Waals surface area contributed by atoms with Crippen molar-refractivity contribution in [3.63, 3.8) is 0 Å². The summed E-state index contributed by atoms with van der Waals surface area (Å²) < 4.78 is 30.7. The lowest BCUT2D eigenvalue weighted by molar-refractivity contribution is 0.0145. The Bertz CT molecular complexity index is 331. The highest BCUT2D eigenvalue weighted by atomic mass is 19.3. The minimum Gasteiger partial charge on any atom is -0.375 e. The smallest absolute Gasteiger partial charge is 0.261 e. The molecular formula is C12H21F2N3O. The molecule has 1 heterocycles. The zero-order valence-electron chi connectivity index (χ0n) is 10.9. The number of rotatable bonds is 9. The molecule has 1 unspecified atom stereocenters. The first-order valence-corrected chi connectivity index (χ1v) is 6.20. The Labute approximate surface area is 106 Å². The van der Waals surface area contributed by atoms with Crippen molar-refractivity contribution in [2.24, 2.45) is 0 Å². The molecule has 0 aliphatic heterocycles. The second-order valence-corrected chi connectivity index (χ2v) is 4.07. The fraction of sp³-hybridized carbons (Fsp3) is 0.750. The van der Waals surface area contributed by atoms with Crippen LogP contribution < -0.4 is 5.32 Å². The van der Waals surface area contributed by atoms with Crippen molar-refractivity contribution in [2.45, 2.75) is 38.8 Å². The highest BCUT2D eigenvalue weighted by molar-refractivity contribution is 4.95. The molecule has 0 spiro atoms. The molecule has 0 aliphatic carbocycles. The van der Waals surface area contributed by atoms with Crippen LogP contribution in [0.2, 0.25) is 0 Å². The van der Waals surface area contributed by atoms with Gasteiger partial charge in [0.2, 0.25) is 0 Å². The minimum absolute atomic E-state index is 0.190. The minimum atomic E-state index is -2.39. The monoisotopic (exact) mass is 261 g/mol. The average molecular weight is 261 g/mol. The number of hydrogen-bond acceptors (Lipinski definition) is 3. The first-order valence-electron chi connectivity index (χ1n) is 6.20. The number of imidazole rings is 1. The number of ether oxygens (including phenoxy) is 1. The molecule has 1 N–H and O–H groups in total. The van der Waals surface area contributed by atoms with Crippen LogP contribution >= 0.6 is 0 Å². The fourth-order valence-corrected chi connectivity index (χ4v) is 1.78. The van der Waals surface area contributed by atoms with Gasteiger partial charge in [0.25, 0.3) is 6.43 Å². The first-order chi connectivity index (χ1) is 8.67. The van der Waals surface area contributed by atoms with Crippen LogP contribution in [0.4, 0.5) is 8.78 Å². The molecule has 0 aromatic carbocycles. The van der Waals surface area contributed by atoms with Gasteiger partial charge in [0.05, 0.1) is 0 Å². The maximum atomic E-state index is 11.9. The van der Waals surface area contributed by atoms with Gasteiger partial charge in [0, 0.05) is 38.0 Å². The number of aryl methyl sites for hydroxylation is 1. The van der Waals surface area contributed by atoms with Crippen LogP contribution in [-0.4, -0.2) is 42.3 Å². The summed E-state index contributed by atoms with van der Waals surface area (Å²) in [6, 6.07) is 0.190. The molecule has 1 atom stereocenters. The Morgan fingerprint density at radius 3 is 2.89 bits per heavy atom.